The van der Waals surface area contributed by atoms with Crippen LogP contribution < -0.4 is 15.2 Å². The van der Waals surface area contributed by atoms with Crippen molar-refractivity contribution in [3.63, 3.8) is 0 Å². The lowest BCUT2D eigenvalue weighted by molar-refractivity contribution is 0.288. The minimum absolute atomic E-state index is 0.129. The molecule has 0 spiro atoms. The third-order valence-electron chi connectivity index (χ3n) is 2.60. The quantitative estimate of drug-likeness (QED) is 0.864. The summed E-state index contributed by atoms with van der Waals surface area (Å²) in [4.78, 5) is 0. The summed E-state index contributed by atoms with van der Waals surface area (Å²) in [6.07, 6.45) is 0. The van der Waals surface area contributed by atoms with Crippen molar-refractivity contribution in [3.8, 4) is 11.5 Å². The monoisotopic (exact) mass is 265 g/mol. The number of rotatable bonds is 4. The Balaban J connectivity index is 2.07. The Bertz CT molecular complexity index is 570. The van der Waals surface area contributed by atoms with Gasteiger partial charge in [0, 0.05) is 12.1 Å². The largest absolute Gasteiger partial charge is 0.497 e. The molecule has 2 rings (SSSR count). The predicted octanol–water partition coefficient (Wildman–Crippen LogP) is 3.13. The van der Waals surface area contributed by atoms with Gasteiger partial charge in [-0.1, -0.05) is 12.1 Å². The highest BCUT2D eigenvalue weighted by Gasteiger charge is 2.09. The van der Waals surface area contributed by atoms with Crippen molar-refractivity contribution in [2.45, 2.75) is 6.61 Å². The second kappa shape index (κ2) is 5.56. The molecule has 0 bridgehead atoms. The molecule has 2 aromatic carbocycles. The summed E-state index contributed by atoms with van der Waals surface area (Å²) in [5.41, 5.74) is 5.82. The lowest BCUT2D eigenvalue weighted by Crippen LogP contribution is -2.00. The number of methoxy groups -OCH3 is 1. The molecule has 0 fully saturated rings. The van der Waals surface area contributed by atoms with E-state index in [0.29, 0.717) is 5.75 Å². The molecule has 0 aliphatic rings. The highest BCUT2D eigenvalue weighted by atomic mass is 19.1. The fraction of sp³-hybridized carbons (Fsp3) is 0.143. The van der Waals surface area contributed by atoms with Gasteiger partial charge in [0.1, 0.15) is 18.2 Å². The van der Waals surface area contributed by atoms with Crippen LogP contribution in [-0.4, -0.2) is 7.11 Å². The van der Waals surface area contributed by atoms with Crippen LogP contribution in [0, 0.1) is 11.6 Å². The molecular formula is C14H13F2NO2. The van der Waals surface area contributed by atoms with E-state index in [4.69, 9.17) is 15.2 Å². The highest BCUT2D eigenvalue weighted by molar-refractivity contribution is 5.44. The third kappa shape index (κ3) is 3.13. The van der Waals surface area contributed by atoms with Crippen LogP contribution in [0.1, 0.15) is 5.56 Å². The van der Waals surface area contributed by atoms with Crippen LogP contribution in [0.25, 0.3) is 0 Å². The molecule has 0 radical (unpaired) electrons. The maximum absolute atomic E-state index is 13.5. The van der Waals surface area contributed by atoms with E-state index in [2.05, 4.69) is 0 Å². The van der Waals surface area contributed by atoms with Crippen LogP contribution in [0.15, 0.2) is 36.4 Å². The van der Waals surface area contributed by atoms with Crippen molar-refractivity contribution in [1.29, 1.82) is 0 Å². The lowest BCUT2D eigenvalue weighted by atomic mass is 10.2. The van der Waals surface area contributed by atoms with Crippen molar-refractivity contribution in [3.05, 3.63) is 53.6 Å². The lowest BCUT2D eigenvalue weighted by Gasteiger charge is -2.09. The van der Waals surface area contributed by atoms with Crippen molar-refractivity contribution in [2.24, 2.45) is 0 Å². The van der Waals surface area contributed by atoms with Crippen LogP contribution in [0.3, 0.4) is 0 Å². The van der Waals surface area contributed by atoms with Crippen LogP contribution in [0.2, 0.25) is 0 Å². The van der Waals surface area contributed by atoms with Crippen molar-refractivity contribution in [2.75, 3.05) is 12.8 Å². The molecule has 0 heterocycles. The maximum Gasteiger partial charge on any atom is 0.167 e. The second-order valence-corrected chi connectivity index (χ2v) is 3.94. The first-order valence-electron chi connectivity index (χ1n) is 5.60. The highest BCUT2D eigenvalue weighted by Crippen LogP contribution is 2.24. The first-order chi connectivity index (χ1) is 9.10. The predicted molar refractivity (Wildman–Crippen MR) is 68.1 cm³/mol. The van der Waals surface area contributed by atoms with Crippen LogP contribution in [0.5, 0.6) is 11.5 Å². The second-order valence-electron chi connectivity index (χ2n) is 3.94. The van der Waals surface area contributed by atoms with Gasteiger partial charge in [-0.25, -0.2) is 8.78 Å². The molecule has 0 aliphatic heterocycles. The number of hydrogen-bond acceptors (Lipinski definition) is 3. The Morgan fingerprint density at radius 2 is 1.74 bits per heavy atom. The van der Waals surface area contributed by atoms with E-state index < -0.39 is 11.6 Å². The summed E-state index contributed by atoms with van der Waals surface area (Å²) in [5.74, 6) is -0.838. The summed E-state index contributed by atoms with van der Waals surface area (Å²) < 4.78 is 36.9. The van der Waals surface area contributed by atoms with Crippen LogP contribution in [-0.2, 0) is 6.61 Å². The molecule has 2 N–H and O–H groups in total. The Kier molecular flexibility index (Phi) is 3.85. The Labute approximate surface area is 109 Å². The smallest absolute Gasteiger partial charge is 0.167 e. The molecule has 5 heteroatoms. The van der Waals surface area contributed by atoms with Gasteiger partial charge < -0.3 is 15.2 Å². The van der Waals surface area contributed by atoms with Gasteiger partial charge in [-0.05, 0) is 17.7 Å². The molecule has 2 aromatic rings. The van der Waals surface area contributed by atoms with E-state index >= 15 is 0 Å². The first kappa shape index (κ1) is 13.1. The number of benzene rings is 2. The number of nitrogen functional groups attached to an aromatic ring is 1. The number of nitrogens with two attached hydrogens (primary N) is 1. The number of ether oxygens (including phenoxy) is 2. The Morgan fingerprint density at radius 1 is 1.05 bits per heavy atom. The number of anilines is 1. The van der Waals surface area contributed by atoms with Gasteiger partial charge >= 0.3 is 0 Å². The summed E-state index contributed by atoms with van der Waals surface area (Å²) >= 11 is 0. The van der Waals surface area contributed by atoms with E-state index in [-0.39, 0.29) is 18.0 Å². The third-order valence-corrected chi connectivity index (χ3v) is 2.60. The average Bonchev–Trinajstić information content (AvgIpc) is 2.42. The molecule has 0 aliphatic carbocycles. The Morgan fingerprint density at radius 3 is 2.37 bits per heavy atom. The molecule has 0 amide bonds. The molecule has 0 saturated heterocycles. The molecule has 19 heavy (non-hydrogen) atoms. The zero-order valence-electron chi connectivity index (χ0n) is 10.3. The van der Waals surface area contributed by atoms with Gasteiger partial charge in [-0.15, -0.1) is 0 Å². The van der Waals surface area contributed by atoms with E-state index in [0.717, 1.165) is 17.7 Å². The van der Waals surface area contributed by atoms with E-state index in [1.807, 2.05) is 0 Å². The van der Waals surface area contributed by atoms with Crippen molar-refractivity contribution < 1.29 is 18.3 Å². The van der Waals surface area contributed by atoms with Gasteiger partial charge in [0.2, 0.25) is 0 Å². The molecule has 100 valence electrons. The summed E-state index contributed by atoms with van der Waals surface area (Å²) in [5, 5.41) is 0. The van der Waals surface area contributed by atoms with Gasteiger partial charge in [-0.3, -0.25) is 0 Å². The molecule has 0 aromatic heterocycles. The summed E-state index contributed by atoms with van der Waals surface area (Å²) in [6.45, 7) is 0.129. The zero-order chi connectivity index (χ0) is 13.8. The average molecular weight is 265 g/mol. The van der Waals surface area contributed by atoms with Crippen LogP contribution in [0.4, 0.5) is 14.5 Å². The van der Waals surface area contributed by atoms with Crippen LogP contribution >= 0.6 is 0 Å². The number of halogens is 2. The van der Waals surface area contributed by atoms with Gasteiger partial charge in [-0.2, -0.15) is 0 Å². The SMILES string of the molecule is COc1ccc(COc2cc(F)c(N)cc2F)cc1. The summed E-state index contributed by atoms with van der Waals surface area (Å²) in [7, 11) is 1.57. The van der Waals surface area contributed by atoms with E-state index in [1.165, 1.54) is 0 Å². The fourth-order valence-electron chi connectivity index (χ4n) is 1.54. The molecule has 0 atom stereocenters. The maximum atomic E-state index is 13.5. The minimum atomic E-state index is -0.703. The molecule has 3 nitrogen and oxygen atoms in total. The first-order valence-corrected chi connectivity index (χ1v) is 5.60. The normalized spacial score (nSPS) is 10.3. The number of hydrogen-bond donors (Lipinski definition) is 1. The van der Waals surface area contributed by atoms with Gasteiger partial charge in [0.25, 0.3) is 0 Å². The topological polar surface area (TPSA) is 44.5 Å². The fourth-order valence-corrected chi connectivity index (χ4v) is 1.54. The van der Waals surface area contributed by atoms with Crippen molar-refractivity contribution >= 4 is 5.69 Å². The van der Waals surface area contributed by atoms with E-state index in [1.54, 1.807) is 31.4 Å². The molecule has 0 saturated carbocycles. The Hall–Kier alpha value is -2.30. The molecular weight excluding hydrogens is 252 g/mol. The molecule has 0 unspecified atom stereocenters. The summed E-state index contributed by atoms with van der Waals surface area (Å²) in [6, 6.07) is 8.93. The zero-order valence-corrected chi connectivity index (χ0v) is 10.3. The van der Waals surface area contributed by atoms with Gasteiger partial charge in [0.05, 0.1) is 12.8 Å². The standard InChI is InChI=1S/C14H13F2NO2/c1-18-10-4-2-9(3-5-10)8-19-14-7-11(15)13(17)6-12(14)16/h2-7H,8,17H2,1H3. The van der Waals surface area contributed by atoms with E-state index in [9.17, 15) is 8.78 Å². The van der Waals surface area contributed by atoms with Gasteiger partial charge in [0.15, 0.2) is 11.6 Å². The minimum Gasteiger partial charge on any atom is -0.497 e. The van der Waals surface area contributed by atoms with Crippen molar-refractivity contribution in [1.82, 2.24) is 0 Å².